The van der Waals surface area contributed by atoms with Gasteiger partial charge in [0.15, 0.2) is 12.2 Å². The van der Waals surface area contributed by atoms with Crippen LogP contribution in [0.5, 0.6) is 0 Å². The van der Waals surface area contributed by atoms with Crippen molar-refractivity contribution in [2.45, 2.75) is 12.2 Å². The first-order valence-electron chi connectivity index (χ1n) is 13.2. The summed E-state index contributed by atoms with van der Waals surface area (Å²) < 4.78 is 12.2. The van der Waals surface area contributed by atoms with Crippen molar-refractivity contribution in [2.24, 2.45) is 0 Å². The van der Waals surface area contributed by atoms with Gasteiger partial charge in [-0.15, -0.1) is 0 Å². The first-order valence-corrected chi connectivity index (χ1v) is 13.2. The van der Waals surface area contributed by atoms with Crippen LogP contribution in [0.1, 0.15) is 43.5 Å². The number of hydrogen-bond acceptors (Lipinski definition) is 6. The van der Waals surface area contributed by atoms with Crippen molar-refractivity contribution >= 4 is 28.9 Å². The van der Waals surface area contributed by atoms with Gasteiger partial charge in [-0.25, -0.2) is 9.59 Å². The van der Waals surface area contributed by atoms with Crippen LogP contribution in [0.3, 0.4) is 0 Å². The average Bonchev–Trinajstić information content (AvgIpc) is 3.29. The van der Waals surface area contributed by atoms with Crippen LogP contribution in [0.2, 0.25) is 0 Å². The SMILES string of the molecule is CN(C)c1ccc(C(=O)O[C@H]2C=C3c4ccccc4-c4cccc(c43)[C@@H]2OC(=O)c2ccc(N(C)C)cc2)cc1. The zero-order valence-electron chi connectivity index (χ0n) is 22.9. The van der Waals surface area contributed by atoms with E-state index in [9.17, 15) is 9.59 Å². The highest BCUT2D eigenvalue weighted by molar-refractivity contribution is 6.03. The van der Waals surface area contributed by atoms with E-state index in [4.69, 9.17) is 9.47 Å². The first-order chi connectivity index (χ1) is 19.3. The third-order valence-corrected chi connectivity index (χ3v) is 7.53. The second-order valence-corrected chi connectivity index (χ2v) is 10.5. The molecule has 2 aliphatic carbocycles. The van der Waals surface area contributed by atoms with Gasteiger partial charge in [-0.1, -0.05) is 42.5 Å². The molecule has 0 heterocycles. The number of carbonyl (C=O) groups excluding carboxylic acids is 2. The fourth-order valence-corrected chi connectivity index (χ4v) is 5.41. The maximum atomic E-state index is 13.4. The molecule has 6 nitrogen and oxygen atoms in total. The van der Waals surface area contributed by atoms with E-state index in [2.05, 4.69) is 18.2 Å². The van der Waals surface area contributed by atoms with Crippen LogP contribution in [-0.4, -0.2) is 46.2 Å². The molecule has 0 aromatic heterocycles. The summed E-state index contributed by atoms with van der Waals surface area (Å²) in [5.74, 6) is -0.953. The average molecular weight is 531 g/mol. The van der Waals surface area contributed by atoms with Gasteiger partial charge in [0.1, 0.15) is 0 Å². The molecule has 0 fully saturated rings. The third kappa shape index (κ3) is 4.41. The third-order valence-electron chi connectivity index (χ3n) is 7.53. The van der Waals surface area contributed by atoms with E-state index < -0.39 is 24.1 Å². The molecular weight excluding hydrogens is 500 g/mol. The highest BCUT2D eigenvalue weighted by atomic mass is 16.6. The second-order valence-electron chi connectivity index (χ2n) is 10.5. The number of fused-ring (bicyclic) bond motifs is 3. The van der Waals surface area contributed by atoms with Gasteiger partial charge >= 0.3 is 11.9 Å². The highest BCUT2D eigenvalue weighted by Gasteiger charge is 2.40. The molecule has 40 heavy (non-hydrogen) atoms. The Kier molecular flexibility index (Phi) is 6.39. The molecule has 0 spiro atoms. The molecule has 4 aromatic rings. The molecule has 0 aliphatic heterocycles. The summed E-state index contributed by atoms with van der Waals surface area (Å²) in [6, 6.07) is 28.7. The lowest BCUT2D eigenvalue weighted by Gasteiger charge is -2.31. The van der Waals surface area contributed by atoms with Crippen LogP contribution in [-0.2, 0) is 9.47 Å². The molecule has 0 radical (unpaired) electrons. The molecule has 200 valence electrons. The Hall–Kier alpha value is -4.84. The van der Waals surface area contributed by atoms with Crippen molar-refractivity contribution in [1.82, 2.24) is 0 Å². The molecule has 0 amide bonds. The zero-order chi connectivity index (χ0) is 28.0. The Morgan fingerprint density at radius 3 is 1.70 bits per heavy atom. The van der Waals surface area contributed by atoms with Crippen molar-refractivity contribution in [3.8, 4) is 11.1 Å². The van der Waals surface area contributed by atoms with Crippen molar-refractivity contribution in [2.75, 3.05) is 38.0 Å². The standard InChI is InChI=1S/C34H30N2O4/c1-35(2)23-16-12-21(13-17-23)33(37)39-30-20-29-26-9-6-5-8-25(26)27-10-7-11-28(31(27)29)32(30)40-34(38)22-14-18-24(19-15-22)36(3)4/h5-20,30,32H,1-4H3/t30-,32-/m0/s1. The van der Waals surface area contributed by atoms with Gasteiger partial charge in [0.25, 0.3) is 0 Å². The molecule has 6 heteroatoms. The number of ether oxygens (including phenoxy) is 2. The Morgan fingerprint density at radius 2 is 1.12 bits per heavy atom. The van der Waals surface area contributed by atoms with E-state index >= 15 is 0 Å². The van der Waals surface area contributed by atoms with Crippen LogP contribution < -0.4 is 9.80 Å². The predicted octanol–water partition coefficient (Wildman–Crippen LogP) is 6.37. The van der Waals surface area contributed by atoms with Crippen LogP contribution in [0.25, 0.3) is 16.7 Å². The Bertz CT molecular complexity index is 1640. The largest absolute Gasteiger partial charge is 0.450 e. The monoisotopic (exact) mass is 530 g/mol. The Morgan fingerprint density at radius 1 is 0.600 bits per heavy atom. The summed E-state index contributed by atoms with van der Waals surface area (Å²) in [4.78, 5) is 30.7. The normalized spacial score (nSPS) is 16.4. The number of hydrogen-bond donors (Lipinski definition) is 0. The van der Waals surface area contributed by atoms with Crippen molar-refractivity contribution in [3.63, 3.8) is 0 Å². The summed E-state index contributed by atoms with van der Waals surface area (Å²) in [5, 5.41) is 0. The Labute approximate surface area is 234 Å². The summed E-state index contributed by atoms with van der Waals surface area (Å²) in [7, 11) is 7.78. The van der Waals surface area contributed by atoms with Crippen molar-refractivity contribution in [3.05, 3.63) is 125 Å². The molecule has 0 saturated heterocycles. The van der Waals surface area contributed by atoms with Crippen LogP contribution >= 0.6 is 0 Å². The lowest BCUT2D eigenvalue weighted by molar-refractivity contribution is -0.0230. The Balaban J connectivity index is 1.37. The van der Waals surface area contributed by atoms with Crippen LogP contribution in [0.15, 0.2) is 97.1 Å². The lowest BCUT2D eigenvalue weighted by Crippen LogP contribution is -2.31. The lowest BCUT2D eigenvalue weighted by atomic mass is 9.86. The maximum absolute atomic E-state index is 13.4. The van der Waals surface area contributed by atoms with Gasteiger partial charge in [0.05, 0.1) is 11.1 Å². The quantitative estimate of drug-likeness (QED) is 0.238. The van der Waals surface area contributed by atoms with E-state index in [0.717, 1.165) is 44.8 Å². The minimum atomic E-state index is -0.810. The molecular formula is C34H30N2O4. The second kappa shape index (κ2) is 10.0. The molecule has 0 unspecified atom stereocenters. The summed E-state index contributed by atoms with van der Waals surface area (Å²) in [5.41, 5.74) is 8.92. The number of esters is 2. The molecule has 6 rings (SSSR count). The topological polar surface area (TPSA) is 59.1 Å². The molecule has 2 atom stereocenters. The molecule has 0 bridgehead atoms. The van der Waals surface area contributed by atoms with Gasteiger partial charge in [-0.3, -0.25) is 0 Å². The highest BCUT2D eigenvalue weighted by Crippen LogP contribution is 2.51. The van der Waals surface area contributed by atoms with E-state index in [1.54, 1.807) is 24.3 Å². The fraction of sp³-hybridized carbons (Fsp3) is 0.176. The van der Waals surface area contributed by atoms with E-state index in [1.807, 2.05) is 92.6 Å². The van der Waals surface area contributed by atoms with Crippen LogP contribution in [0.4, 0.5) is 11.4 Å². The first kappa shape index (κ1) is 25.4. The predicted molar refractivity (Wildman–Crippen MR) is 158 cm³/mol. The van der Waals surface area contributed by atoms with Gasteiger partial charge in [0, 0.05) is 45.1 Å². The minimum Gasteiger partial charge on any atom is -0.450 e. The number of benzene rings is 4. The molecule has 2 aliphatic rings. The van der Waals surface area contributed by atoms with E-state index in [1.165, 1.54) is 0 Å². The maximum Gasteiger partial charge on any atom is 0.338 e. The van der Waals surface area contributed by atoms with E-state index in [0.29, 0.717) is 11.1 Å². The smallest absolute Gasteiger partial charge is 0.338 e. The zero-order valence-corrected chi connectivity index (χ0v) is 22.9. The summed E-state index contributed by atoms with van der Waals surface area (Å²) in [6.45, 7) is 0. The minimum absolute atomic E-state index is 0.430. The number of rotatable bonds is 6. The fourth-order valence-electron chi connectivity index (χ4n) is 5.41. The number of carbonyl (C=O) groups is 2. The van der Waals surface area contributed by atoms with Crippen molar-refractivity contribution in [1.29, 1.82) is 0 Å². The van der Waals surface area contributed by atoms with Gasteiger partial charge < -0.3 is 19.3 Å². The molecule has 0 N–H and O–H groups in total. The molecule has 4 aromatic carbocycles. The van der Waals surface area contributed by atoms with Gasteiger partial charge in [0.2, 0.25) is 0 Å². The summed E-state index contributed by atoms with van der Waals surface area (Å²) >= 11 is 0. The van der Waals surface area contributed by atoms with Crippen molar-refractivity contribution < 1.29 is 19.1 Å². The van der Waals surface area contributed by atoms with Gasteiger partial charge in [-0.05, 0) is 82.4 Å². The number of anilines is 2. The van der Waals surface area contributed by atoms with Crippen LogP contribution in [0, 0.1) is 0 Å². The molecule has 0 saturated carbocycles. The number of nitrogens with zero attached hydrogens (tertiary/aromatic N) is 2. The summed E-state index contributed by atoms with van der Waals surface area (Å²) in [6.07, 6.45) is 0.311. The van der Waals surface area contributed by atoms with E-state index in [-0.39, 0.29) is 0 Å². The van der Waals surface area contributed by atoms with Gasteiger partial charge in [-0.2, -0.15) is 0 Å².